The van der Waals surface area contributed by atoms with Gasteiger partial charge in [0.2, 0.25) is 10.0 Å². The molecule has 1 saturated carbocycles. The summed E-state index contributed by atoms with van der Waals surface area (Å²) in [6.07, 6.45) is 5.35. The van der Waals surface area contributed by atoms with E-state index >= 15 is 0 Å². The standard InChI is InChI=1S/C14H19BrClNO2S/c15-10-11-17(13-4-2-1-3-5-13)20(18,19)14-8-6-12(16)7-9-14/h6-9,13H,1-5,10-11H2. The fraction of sp³-hybridized carbons (Fsp3) is 0.571. The van der Waals surface area contributed by atoms with E-state index in [1.54, 1.807) is 28.6 Å². The molecule has 112 valence electrons. The first-order valence-electron chi connectivity index (χ1n) is 6.89. The lowest BCUT2D eigenvalue weighted by molar-refractivity contribution is 0.263. The predicted molar refractivity (Wildman–Crippen MR) is 86.0 cm³/mol. The van der Waals surface area contributed by atoms with Gasteiger partial charge in [0.15, 0.2) is 0 Å². The van der Waals surface area contributed by atoms with Gasteiger partial charge >= 0.3 is 0 Å². The Bertz CT molecular complexity index is 527. The van der Waals surface area contributed by atoms with Crippen LogP contribution in [0.5, 0.6) is 0 Å². The molecule has 0 spiro atoms. The van der Waals surface area contributed by atoms with Crippen LogP contribution in [0.2, 0.25) is 5.02 Å². The summed E-state index contributed by atoms with van der Waals surface area (Å²) in [5.41, 5.74) is 0. The van der Waals surface area contributed by atoms with Gasteiger partial charge in [0, 0.05) is 22.9 Å². The zero-order chi connectivity index (χ0) is 14.6. The molecule has 1 fully saturated rings. The van der Waals surface area contributed by atoms with Gasteiger partial charge in [0.05, 0.1) is 4.90 Å². The largest absolute Gasteiger partial charge is 0.243 e. The van der Waals surface area contributed by atoms with Gasteiger partial charge in [-0.05, 0) is 37.1 Å². The molecule has 0 amide bonds. The number of nitrogens with zero attached hydrogens (tertiary/aromatic N) is 1. The van der Waals surface area contributed by atoms with Crippen LogP contribution in [0.1, 0.15) is 32.1 Å². The molecule has 1 aromatic rings. The first-order valence-corrected chi connectivity index (χ1v) is 9.83. The molecule has 1 aliphatic carbocycles. The number of halogens is 2. The highest BCUT2D eigenvalue weighted by Gasteiger charge is 2.31. The van der Waals surface area contributed by atoms with Gasteiger partial charge in [-0.15, -0.1) is 0 Å². The molecular weight excluding hydrogens is 362 g/mol. The van der Waals surface area contributed by atoms with Crippen LogP contribution >= 0.6 is 27.5 Å². The lowest BCUT2D eigenvalue weighted by Crippen LogP contribution is -2.42. The topological polar surface area (TPSA) is 37.4 Å². The summed E-state index contributed by atoms with van der Waals surface area (Å²) in [5, 5.41) is 1.20. The Morgan fingerprint density at radius 2 is 1.75 bits per heavy atom. The molecule has 3 nitrogen and oxygen atoms in total. The number of sulfonamides is 1. The van der Waals surface area contributed by atoms with Crippen LogP contribution in [-0.4, -0.2) is 30.6 Å². The van der Waals surface area contributed by atoms with Crippen molar-refractivity contribution >= 4 is 37.6 Å². The van der Waals surface area contributed by atoms with Crippen LogP contribution in [0.3, 0.4) is 0 Å². The first kappa shape index (κ1) is 16.3. The van der Waals surface area contributed by atoms with Crippen molar-refractivity contribution in [1.29, 1.82) is 0 Å². The zero-order valence-electron chi connectivity index (χ0n) is 11.3. The molecule has 6 heteroatoms. The molecule has 0 aromatic heterocycles. The molecule has 0 heterocycles. The van der Waals surface area contributed by atoms with Gasteiger partial charge in [0.25, 0.3) is 0 Å². The average Bonchev–Trinajstić information content (AvgIpc) is 2.46. The molecular formula is C14H19BrClNO2S. The fourth-order valence-corrected chi connectivity index (χ4v) is 5.12. The molecule has 2 rings (SSSR count). The summed E-state index contributed by atoms with van der Waals surface area (Å²) in [5.74, 6) is 0. The van der Waals surface area contributed by atoms with E-state index in [-0.39, 0.29) is 6.04 Å². The van der Waals surface area contributed by atoms with Crippen LogP contribution in [0.25, 0.3) is 0 Å². The van der Waals surface area contributed by atoms with Crippen molar-refractivity contribution in [3.05, 3.63) is 29.3 Å². The summed E-state index contributed by atoms with van der Waals surface area (Å²) in [6.45, 7) is 0.510. The van der Waals surface area contributed by atoms with Crippen molar-refractivity contribution in [3.8, 4) is 0 Å². The Hall–Kier alpha value is -0.100. The Kier molecular flexibility index (Phi) is 5.90. The maximum atomic E-state index is 12.8. The zero-order valence-corrected chi connectivity index (χ0v) is 14.4. The SMILES string of the molecule is O=S(=O)(c1ccc(Cl)cc1)N(CCBr)C1CCCCC1. The molecule has 20 heavy (non-hydrogen) atoms. The Morgan fingerprint density at radius 1 is 1.15 bits per heavy atom. The normalized spacial score (nSPS) is 17.6. The van der Waals surface area contributed by atoms with Crippen LogP contribution < -0.4 is 0 Å². The molecule has 1 aliphatic rings. The van der Waals surface area contributed by atoms with E-state index < -0.39 is 10.0 Å². The Balaban J connectivity index is 2.28. The van der Waals surface area contributed by atoms with E-state index in [4.69, 9.17) is 11.6 Å². The number of benzene rings is 1. The van der Waals surface area contributed by atoms with Crippen molar-refractivity contribution in [3.63, 3.8) is 0 Å². The van der Waals surface area contributed by atoms with Crippen LogP contribution in [0, 0.1) is 0 Å². The van der Waals surface area contributed by atoms with Crippen LogP contribution in [0.15, 0.2) is 29.2 Å². The lowest BCUT2D eigenvalue weighted by Gasteiger charge is -2.33. The van der Waals surface area contributed by atoms with Gasteiger partial charge < -0.3 is 0 Å². The smallest absolute Gasteiger partial charge is 0.207 e. The predicted octanol–water partition coefficient (Wildman–Crippen LogP) is 4.06. The third kappa shape index (κ3) is 3.75. The minimum atomic E-state index is -3.43. The second-order valence-electron chi connectivity index (χ2n) is 5.05. The van der Waals surface area contributed by atoms with E-state index in [2.05, 4.69) is 15.9 Å². The lowest BCUT2D eigenvalue weighted by atomic mass is 9.95. The van der Waals surface area contributed by atoms with Gasteiger partial charge in [0.1, 0.15) is 0 Å². The molecule has 0 bridgehead atoms. The molecule has 0 saturated heterocycles. The number of hydrogen-bond acceptors (Lipinski definition) is 2. The quantitative estimate of drug-likeness (QED) is 0.722. The monoisotopic (exact) mass is 379 g/mol. The molecule has 0 aliphatic heterocycles. The van der Waals surface area contributed by atoms with Crippen molar-refractivity contribution in [2.24, 2.45) is 0 Å². The maximum absolute atomic E-state index is 12.8. The van der Waals surface area contributed by atoms with E-state index in [0.29, 0.717) is 21.8 Å². The summed E-state index contributed by atoms with van der Waals surface area (Å²) in [7, 11) is -3.43. The highest BCUT2D eigenvalue weighted by molar-refractivity contribution is 9.09. The maximum Gasteiger partial charge on any atom is 0.243 e. The van der Waals surface area contributed by atoms with Crippen molar-refractivity contribution < 1.29 is 8.42 Å². The summed E-state index contributed by atoms with van der Waals surface area (Å²) < 4.78 is 27.2. The molecule has 1 aromatic carbocycles. The van der Waals surface area contributed by atoms with Crippen molar-refractivity contribution in [1.82, 2.24) is 4.31 Å². The summed E-state index contributed by atoms with van der Waals surface area (Å²) in [6, 6.07) is 6.55. The summed E-state index contributed by atoms with van der Waals surface area (Å²) >= 11 is 9.20. The summed E-state index contributed by atoms with van der Waals surface area (Å²) in [4.78, 5) is 0.327. The fourth-order valence-electron chi connectivity index (χ4n) is 2.69. The Morgan fingerprint density at radius 3 is 2.30 bits per heavy atom. The first-order chi connectivity index (χ1) is 9.55. The minimum absolute atomic E-state index is 0.127. The highest BCUT2D eigenvalue weighted by Crippen LogP contribution is 2.28. The molecule has 0 unspecified atom stereocenters. The number of hydrogen-bond donors (Lipinski definition) is 0. The van der Waals surface area contributed by atoms with E-state index in [1.807, 2.05) is 0 Å². The number of rotatable bonds is 5. The second-order valence-corrected chi connectivity index (χ2v) is 8.17. The van der Waals surface area contributed by atoms with Gasteiger partial charge in [-0.1, -0.05) is 46.8 Å². The molecule has 0 N–H and O–H groups in total. The third-order valence-corrected chi connectivity index (χ3v) is 6.28. The molecule has 0 radical (unpaired) electrons. The van der Waals surface area contributed by atoms with Crippen molar-refractivity contribution in [2.75, 3.05) is 11.9 Å². The van der Waals surface area contributed by atoms with E-state index in [1.165, 1.54) is 6.42 Å². The van der Waals surface area contributed by atoms with E-state index in [9.17, 15) is 8.42 Å². The number of alkyl halides is 1. The van der Waals surface area contributed by atoms with Crippen LogP contribution in [0.4, 0.5) is 0 Å². The van der Waals surface area contributed by atoms with E-state index in [0.717, 1.165) is 25.7 Å². The van der Waals surface area contributed by atoms with Gasteiger partial charge in [-0.25, -0.2) is 8.42 Å². The Labute approximate surface area is 134 Å². The third-order valence-electron chi connectivity index (χ3n) is 3.71. The molecule has 0 atom stereocenters. The minimum Gasteiger partial charge on any atom is -0.207 e. The highest BCUT2D eigenvalue weighted by atomic mass is 79.9. The van der Waals surface area contributed by atoms with Crippen LogP contribution in [-0.2, 0) is 10.0 Å². The van der Waals surface area contributed by atoms with Crippen molar-refractivity contribution in [2.45, 2.75) is 43.0 Å². The van der Waals surface area contributed by atoms with Gasteiger partial charge in [-0.2, -0.15) is 4.31 Å². The second kappa shape index (κ2) is 7.25. The average molecular weight is 381 g/mol. The van der Waals surface area contributed by atoms with Gasteiger partial charge in [-0.3, -0.25) is 0 Å².